The third kappa shape index (κ3) is 18.6. The van der Waals surface area contributed by atoms with E-state index in [4.69, 9.17) is 0 Å². The van der Waals surface area contributed by atoms with Crippen molar-refractivity contribution in [2.75, 3.05) is 13.1 Å². The number of nitrogens with zero attached hydrogens (tertiary/aromatic N) is 2. The molecule has 1 atom stereocenters. The van der Waals surface area contributed by atoms with Crippen LogP contribution < -0.4 is 0 Å². The van der Waals surface area contributed by atoms with Crippen LogP contribution in [0.4, 0.5) is 0 Å². The summed E-state index contributed by atoms with van der Waals surface area (Å²) in [6.07, 6.45) is 42.5. The second kappa shape index (κ2) is 26.0. The molecule has 0 saturated carbocycles. The number of hydrogen-bond donors (Lipinski definition) is 0. The maximum atomic E-state index is 2.70. The summed E-state index contributed by atoms with van der Waals surface area (Å²) in [5.41, 5.74) is 0. The van der Waals surface area contributed by atoms with Crippen LogP contribution in [-0.4, -0.2) is 29.1 Å². The lowest BCUT2D eigenvalue weighted by Gasteiger charge is -2.33. The lowest BCUT2D eigenvalue weighted by Crippen LogP contribution is -2.39. The van der Waals surface area contributed by atoms with Gasteiger partial charge >= 0.3 is 0 Å². The number of hydrogen-bond acceptors (Lipinski definition) is 2. The van der Waals surface area contributed by atoms with E-state index >= 15 is 0 Å². The average Bonchev–Trinajstić information content (AvgIpc) is 3.27. The fourth-order valence-corrected chi connectivity index (χ4v) is 5.83. The largest absolute Gasteiger partial charge is 0.356 e. The highest BCUT2D eigenvalue weighted by Crippen LogP contribution is 2.24. The van der Waals surface area contributed by atoms with Crippen molar-refractivity contribution in [2.45, 2.75) is 194 Å². The molecule has 1 aliphatic rings. The zero-order valence-electron chi connectivity index (χ0n) is 25.4. The van der Waals surface area contributed by atoms with Crippen LogP contribution in [0, 0.1) is 0 Å². The minimum atomic E-state index is 0.642. The first kappa shape index (κ1) is 33.4. The van der Waals surface area contributed by atoms with Gasteiger partial charge in [0.2, 0.25) is 0 Å². The molecular formula is C34H68N2. The van der Waals surface area contributed by atoms with Crippen LogP contribution in [0.1, 0.15) is 188 Å². The highest BCUT2D eigenvalue weighted by molar-refractivity contribution is 4.97. The molecule has 0 bridgehead atoms. The van der Waals surface area contributed by atoms with Gasteiger partial charge in [-0.1, -0.05) is 162 Å². The summed E-state index contributed by atoms with van der Waals surface area (Å²) in [4.78, 5) is 5.39. The smallest absolute Gasteiger partial charge is 0.101 e. The van der Waals surface area contributed by atoms with E-state index in [2.05, 4.69) is 43.0 Å². The SMILES string of the molecule is CCCCCCCCCCCCCN1C=CN(CCCCCCCC)C1CCCCCCCCCC. The van der Waals surface area contributed by atoms with Crippen LogP contribution in [0.2, 0.25) is 0 Å². The molecule has 1 heterocycles. The molecule has 0 radical (unpaired) electrons. The van der Waals surface area contributed by atoms with E-state index in [1.54, 1.807) is 0 Å². The zero-order valence-corrected chi connectivity index (χ0v) is 25.4. The Morgan fingerprint density at radius 2 is 0.639 bits per heavy atom. The van der Waals surface area contributed by atoms with Crippen LogP contribution in [0.25, 0.3) is 0 Å². The summed E-state index contributed by atoms with van der Waals surface area (Å²) in [6, 6.07) is 0. The summed E-state index contributed by atoms with van der Waals surface area (Å²) in [5.74, 6) is 0. The molecule has 1 rings (SSSR count). The first-order valence-electron chi connectivity index (χ1n) is 17.0. The Bertz CT molecular complexity index is 460. The van der Waals surface area contributed by atoms with Gasteiger partial charge in [-0.15, -0.1) is 0 Å². The van der Waals surface area contributed by atoms with Crippen molar-refractivity contribution in [2.24, 2.45) is 0 Å². The summed E-state index contributed by atoms with van der Waals surface area (Å²) in [7, 11) is 0. The summed E-state index contributed by atoms with van der Waals surface area (Å²) < 4.78 is 0. The molecule has 1 aliphatic heterocycles. The molecule has 0 spiro atoms. The van der Waals surface area contributed by atoms with Gasteiger partial charge in [0.15, 0.2) is 0 Å². The highest BCUT2D eigenvalue weighted by Gasteiger charge is 2.24. The number of rotatable bonds is 28. The molecule has 0 amide bonds. The molecular weight excluding hydrogens is 436 g/mol. The Hall–Kier alpha value is -0.660. The Morgan fingerprint density at radius 1 is 0.361 bits per heavy atom. The Labute approximate surface area is 229 Å². The van der Waals surface area contributed by atoms with E-state index in [1.807, 2.05) is 0 Å². The van der Waals surface area contributed by atoms with Crippen molar-refractivity contribution in [3.05, 3.63) is 12.4 Å². The topological polar surface area (TPSA) is 6.48 Å². The Kier molecular flexibility index (Phi) is 24.1. The van der Waals surface area contributed by atoms with E-state index in [-0.39, 0.29) is 0 Å². The van der Waals surface area contributed by atoms with E-state index in [0.29, 0.717) is 6.17 Å². The summed E-state index contributed by atoms with van der Waals surface area (Å²) in [5, 5.41) is 0. The van der Waals surface area contributed by atoms with E-state index in [1.165, 1.54) is 180 Å². The zero-order chi connectivity index (χ0) is 25.9. The summed E-state index contributed by atoms with van der Waals surface area (Å²) >= 11 is 0. The van der Waals surface area contributed by atoms with Crippen LogP contribution >= 0.6 is 0 Å². The molecule has 0 aromatic heterocycles. The first-order valence-corrected chi connectivity index (χ1v) is 17.0. The maximum Gasteiger partial charge on any atom is 0.101 e. The van der Waals surface area contributed by atoms with Crippen LogP contribution in [0.15, 0.2) is 12.4 Å². The molecule has 2 nitrogen and oxygen atoms in total. The van der Waals surface area contributed by atoms with E-state index in [0.717, 1.165) is 0 Å². The molecule has 0 aromatic rings. The normalized spacial score (nSPS) is 15.5. The van der Waals surface area contributed by atoms with Gasteiger partial charge in [0.25, 0.3) is 0 Å². The Morgan fingerprint density at radius 3 is 0.972 bits per heavy atom. The highest BCUT2D eigenvalue weighted by atomic mass is 15.4. The van der Waals surface area contributed by atoms with Gasteiger partial charge < -0.3 is 9.80 Å². The van der Waals surface area contributed by atoms with Gasteiger partial charge in [0.1, 0.15) is 6.17 Å². The monoisotopic (exact) mass is 505 g/mol. The minimum Gasteiger partial charge on any atom is -0.356 e. The van der Waals surface area contributed by atoms with Gasteiger partial charge in [0.05, 0.1) is 0 Å². The van der Waals surface area contributed by atoms with Crippen LogP contribution in [0.5, 0.6) is 0 Å². The molecule has 0 N–H and O–H groups in total. The van der Waals surface area contributed by atoms with Crippen LogP contribution in [-0.2, 0) is 0 Å². The third-order valence-corrected chi connectivity index (χ3v) is 8.32. The molecule has 2 heteroatoms. The fourth-order valence-electron chi connectivity index (χ4n) is 5.83. The maximum absolute atomic E-state index is 2.70. The molecule has 36 heavy (non-hydrogen) atoms. The van der Waals surface area contributed by atoms with Gasteiger partial charge in [-0.25, -0.2) is 0 Å². The van der Waals surface area contributed by atoms with Gasteiger partial charge in [0, 0.05) is 25.5 Å². The van der Waals surface area contributed by atoms with E-state index in [9.17, 15) is 0 Å². The van der Waals surface area contributed by atoms with Gasteiger partial charge in [-0.3, -0.25) is 0 Å². The molecule has 214 valence electrons. The molecule has 1 unspecified atom stereocenters. The quantitative estimate of drug-likeness (QED) is 0.0977. The second-order valence-corrected chi connectivity index (χ2v) is 11.8. The Balaban J connectivity index is 2.23. The third-order valence-electron chi connectivity index (χ3n) is 8.32. The first-order chi connectivity index (χ1) is 17.8. The summed E-state index contributed by atoms with van der Waals surface area (Å²) in [6.45, 7) is 9.47. The lowest BCUT2D eigenvalue weighted by atomic mass is 10.0. The second-order valence-electron chi connectivity index (χ2n) is 11.8. The van der Waals surface area contributed by atoms with E-state index < -0.39 is 0 Å². The lowest BCUT2D eigenvalue weighted by molar-refractivity contribution is 0.135. The fraction of sp³-hybridized carbons (Fsp3) is 0.941. The molecule has 0 aliphatic carbocycles. The van der Waals surface area contributed by atoms with Crippen molar-refractivity contribution in [1.29, 1.82) is 0 Å². The van der Waals surface area contributed by atoms with Crippen molar-refractivity contribution in [3.8, 4) is 0 Å². The average molecular weight is 505 g/mol. The van der Waals surface area contributed by atoms with Gasteiger partial charge in [-0.2, -0.15) is 0 Å². The minimum absolute atomic E-state index is 0.642. The van der Waals surface area contributed by atoms with Crippen molar-refractivity contribution < 1.29 is 0 Å². The van der Waals surface area contributed by atoms with Crippen molar-refractivity contribution in [1.82, 2.24) is 9.80 Å². The molecule has 0 fully saturated rings. The predicted octanol–water partition coefficient (Wildman–Crippen LogP) is 11.6. The standard InChI is InChI=1S/C34H68N2/c1-4-7-10-13-16-18-19-20-22-25-28-31-36-33-32-35(30-27-24-15-12-9-6-3)34(36)29-26-23-21-17-14-11-8-5-2/h32-34H,4-31H2,1-3H3. The van der Waals surface area contributed by atoms with Gasteiger partial charge in [-0.05, 0) is 25.7 Å². The molecule has 0 aromatic carbocycles. The van der Waals surface area contributed by atoms with Crippen LogP contribution in [0.3, 0.4) is 0 Å². The van der Waals surface area contributed by atoms with Crippen molar-refractivity contribution >= 4 is 0 Å². The predicted molar refractivity (Wildman–Crippen MR) is 163 cm³/mol. The number of unbranched alkanes of at least 4 members (excludes halogenated alkanes) is 22. The van der Waals surface area contributed by atoms with Crippen molar-refractivity contribution in [3.63, 3.8) is 0 Å². The molecule has 0 saturated heterocycles.